The molecule has 0 saturated carbocycles. The summed E-state index contributed by atoms with van der Waals surface area (Å²) in [6.07, 6.45) is 22.1. The Kier molecular flexibility index (Phi) is 13.2. The fourth-order valence-electron chi connectivity index (χ4n) is 4.69. The van der Waals surface area contributed by atoms with Crippen molar-refractivity contribution in [1.29, 1.82) is 0 Å². The van der Waals surface area contributed by atoms with E-state index in [0.29, 0.717) is 13.6 Å². The number of thioether (sulfide) groups is 6. The average Bonchev–Trinajstić information content (AvgIpc) is 2.74. The predicted molar refractivity (Wildman–Crippen MR) is 169 cm³/mol. The second kappa shape index (κ2) is 14.3. The molecule has 188 valence electrons. The minimum atomic E-state index is 0.391. The van der Waals surface area contributed by atoms with Gasteiger partial charge in [-0.25, -0.2) is 0 Å². The lowest BCUT2D eigenvalue weighted by molar-refractivity contribution is 0.645. The number of alkyl halides is 2. The number of halogens is 2. The number of hydrogen-bond donors (Lipinski definition) is 0. The van der Waals surface area contributed by atoms with E-state index in [2.05, 4.69) is 116 Å². The minimum Gasteiger partial charge on any atom is -0.104 e. The van der Waals surface area contributed by atoms with Crippen LogP contribution in [0.15, 0.2) is 0 Å². The molecule has 0 atom stereocenters. The summed E-state index contributed by atoms with van der Waals surface area (Å²) in [5, 5.41) is 2.32. The smallest absolute Gasteiger partial charge is 0.104 e. The standard InChI is InChI=1S/C24H42Br2S6/c1-3-5-9-15-21-27-22(16-10-6-4-2)30-23(28-21,17-11-7-13-19-25)32-24(29-21,31-22)18-12-8-14-20-26/h3-20H2,1-2H3. The first kappa shape index (κ1) is 29.6. The second-order valence-electron chi connectivity index (χ2n) is 9.26. The maximum atomic E-state index is 3.65. The highest BCUT2D eigenvalue weighted by Crippen LogP contribution is 2.91. The van der Waals surface area contributed by atoms with Gasteiger partial charge >= 0.3 is 0 Å². The van der Waals surface area contributed by atoms with E-state index in [9.17, 15) is 0 Å². The molecule has 0 radical (unpaired) electrons. The van der Waals surface area contributed by atoms with Gasteiger partial charge in [-0.15, -0.1) is 70.6 Å². The van der Waals surface area contributed by atoms with Crippen molar-refractivity contribution in [2.24, 2.45) is 0 Å². The zero-order valence-electron chi connectivity index (χ0n) is 19.9. The van der Waals surface area contributed by atoms with Crippen molar-refractivity contribution in [2.45, 2.75) is 130 Å². The molecule has 0 aromatic heterocycles. The van der Waals surface area contributed by atoms with Crippen LogP contribution in [0.3, 0.4) is 0 Å². The molecule has 0 spiro atoms. The van der Waals surface area contributed by atoms with Crippen LogP contribution in [0.2, 0.25) is 0 Å². The van der Waals surface area contributed by atoms with E-state index in [1.165, 1.54) is 103 Å². The number of unbranched alkanes of at least 4 members (excludes halogenated alkanes) is 8. The molecule has 0 amide bonds. The van der Waals surface area contributed by atoms with Crippen LogP contribution >= 0.6 is 102 Å². The van der Waals surface area contributed by atoms with Crippen LogP contribution in [0.1, 0.15) is 117 Å². The van der Waals surface area contributed by atoms with Gasteiger partial charge in [-0.3, -0.25) is 0 Å². The Balaban J connectivity index is 1.83. The van der Waals surface area contributed by atoms with Gasteiger partial charge in [0.15, 0.2) is 0 Å². The number of hydrogen-bond acceptors (Lipinski definition) is 6. The zero-order chi connectivity index (χ0) is 23.0. The lowest BCUT2D eigenvalue weighted by Gasteiger charge is -2.67. The molecule has 0 nitrogen and oxygen atoms in total. The molecule has 0 unspecified atom stereocenters. The molecule has 8 heteroatoms. The van der Waals surface area contributed by atoms with Gasteiger partial charge in [0.05, 0.1) is 0 Å². The van der Waals surface area contributed by atoms with Gasteiger partial charge < -0.3 is 0 Å². The van der Waals surface area contributed by atoms with E-state index in [4.69, 9.17) is 0 Å². The minimum absolute atomic E-state index is 0.391. The largest absolute Gasteiger partial charge is 0.113 e. The maximum absolute atomic E-state index is 3.65. The Bertz CT molecular complexity index is 503. The Morgan fingerprint density at radius 3 is 0.938 bits per heavy atom. The van der Waals surface area contributed by atoms with E-state index in [1.807, 2.05) is 0 Å². The Morgan fingerprint density at radius 2 is 0.688 bits per heavy atom. The first-order valence-corrected chi connectivity index (χ1v) is 20.0. The van der Waals surface area contributed by atoms with Crippen molar-refractivity contribution in [3.8, 4) is 0 Å². The van der Waals surface area contributed by atoms with Gasteiger partial charge in [-0.1, -0.05) is 110 Å². The summed E-state index contributed by atoms with van der Waals surface area (Å²) >= 11 is 21.8. The van der Waals surface area contributed by atoms with Crippen molar-refractivity contribution in [3.05, 3.63) is 0 Å². The van der Waals surface area contributed by atoms with Gasteiger partial charge in [0.1, 0.15) is 13.6 Å². The van der Waals surface area contributed by atoms with E-state index < -0.39 is 0 Å². The van der Waals surface area contributed by atoms with Gasteiger partial charge in [0, 0.05) is 10.7 Å². The van der Waals surface area contributed by atoms with Crippen LogP contribution in [-0.2, 0) is 0 Å². The fourth-order valence-corrected chi connectivity index (χ4v) is 27.3. The molecule has 0 aromatic carbocycles. The van der Waals surface area contributed by atoms with Crippen LogP contribution in [-0.4, -0.2) is 24.3 Å². The van der Waals surface area contributed by atoms with Gasteiger partial charge in [0.25, 0.3) is 0 Å². The van der Waals surface area contributed by atoms with E-state index in [1.54, 1.807) is 0 Å². The van der Waals surface area contributed by atoms with E-state index in [-0.39, 0.29) is 0 Å². The first-order valence-electron chi connectivity index (χ1n) is 12.8. The molecule has 4 rings (SSSR count). The highest BCUT2D eigenvalue weighted by atomic mass is 79.9. The summed E-state index contributed by atoms with van der Waals surface area (Å²) in [5.74, 6) is 0. The molecule has 4 aliphatic heterocycles. The summed E-state index contributed by atoms with van der Waals surface area (Å²) in [5.41, 5.74) is 0. The maximum Gasteiger partial charge on any atom is 0.113 e. The van der Waals surface area contributed by atoms with Crippen LogP contribution < -0.4 is 0 Å². The average molecular weight is 683 g/mol. The van der Waals surface area contributed by atoms with Crippen molar-refractivity contribution in [3.63, 3.8) is 0 Å². The monoisotopic (exact) mass is 680 g/mol. The van der Waals surface area contributed by atoms with Crippen molar-refractivity contribution < 1.29 is 0 Å². The van der Waals surface area contributed by atoms with Gasteiger partial charge in [-0.2, -0.15) is 0 Å². The van der Waals surface area contributed by atoms with Crippen molar-refractivity contribution in [2.75, 3.05) is 10.7 Å². The Morgan fingerprint density at radius 1 is 0.406 bits per heavy atom. The zero-order valence-corrected chi connectivity index (χ0v) is 28.0. The molecule has 0 aliphatic carbocycles. The van der Waals surface area contributed by atoms with Crippen molar-refractivity contribution >= 4 is 102 Å². The highest BCUT2D eigenvalue weighted by Gasteiger charge is 2.71. The van der Waals surface area contributed by atoms with Crippen LogP contribution in [0, 0.1) is 0 Å². The van der Waals surface area contributed by atoms with Crippen molar-refractivity contribution in [1.82, 2.24) is 0 Å². The van der Waals surface area contributed by atoms with Crippen LogP contribution in [0.5, 0.6) is 0 Å². The molecular weight excluding hydrogens is 640 g/mol. The SMILES string of the molecule is CCCCCC12SC3(CCCCC)SC(CCCCCBr)(S1)SC(CCCCCBr)(S2)S3. The summed E-state index contributed by atoms with van der Waals surface area (Å²) in [6.45, 7) is 4.72. The second-order valence-corrected chi connectivity index (χ2v) is 23.5. The summed E-state index contributed by atoms with van der Waals surface area (Å²) in [4.78, 5) is 0. The summed E-state index contributed by atoms with van der Waals surface area (Å²) in [7, 11) is 0. The molecule has 4 aliphatic rings. The third-order valence-electron chi connectivity index (χ3n) is 6.27. The highest BCUT2D eigenvalue weighted by molar-refractivity contribution is 9.09. The summed E-state index contributed by atoms with van der Waals surface area (Å²) < 4.78 is 1.58. The molecule has 4 fully saturated rings. The lowest BCUT2D eigenvalue weighted by Crippen LogP contribution is -2.53. The molecule has 0 aromatic rings. The van der Waals surface area contributed by atoms with Gasteiger partial charge in [0.2, 0.25) is 0 Å². The topological polar surface area (TPSA) is 0 Å². The quantitative estimate of drug-likeness (QED) is 0.103. The van der Waals surface area contributed by atoms with Crippen LogP contribution in [0.4, 0.5) is 0 Å². The Labute approximate surface area is 241 Å². The first-order chi connectivity index (χ1) is 15.5. The summed E-state index contributed by atoms with van der Waals surface area (Å²) in [6, 6.07) is 0. The Hall–Kier alpha value is 3.06. The van der Waals surface area contributed by atoms with Crippen LogP contribution in [0.25, 0.3) is 0 Å². The molecule has 4 bridgehead atoms. The predicted octanol–water partition coefficient (Wildman–Crippen LogP) is 12.1. The lowest BCUT2D eigenvalue weighted by atomic mass is 10.2. The van der Waals surface area contributed by atoms with E-state index >= 15 is 0 Å². The van der Waals surface area contributed by atoms with E-state index in [0.717, 1.165) is 10.7 Å². The molecular formula is C24H42Br2S6. The molecule has 0 N–H and O–H groups in total. The third-order valence-corrected chi connectivity index (χ3v) is 19.6. The molecule has 4 heterocycles. The normalized spacial score (nSPS) is 35.6. The fraction of sp³-hybridized carbons (Fsp3) is 1.00. The molecule has 4 saturated heterocycles. The number of rotatable bonds is 18. The molecule has 32 heavy (non-hydrogen) atoms. The van der Waals surface area contributed by atoms with Gasteiger partial charge in [-0.05, 0) is 38.5 Å². The third kappa shape index (κ3) is 8.03.